The summed E-state index contributed by atoms with van der Waals surface area (Å²) in [5, 5.41) is 11.8. The summed E-state index contributed by atoms with van der Waals surface area (Å²) in [6.45, 7) is 1.46. The fourth-order valence-electron chi connectivity index (χ4n) is 2.20. The van der Waals surface area contributed by atoms with Crippen LogP contribution < -0.4 is 10.1 Å². The van der Waals surface area contributed by atoms with Crippen molar-refractivity contribution in [1.29, 1.82) is 5.26 Å². The molecule has 2 aromatic rings. The molecular weight excluding hydrogens is 328 g/mol. The number of nitriles is 1. The number of ketones is 1. The molecule has 0 radical (unpaired) electrons. The van der Waals surface area contributed by atoms with Crippen molar-refractivity contribution in [1.82, 2.24) is 0 Å². The summed E-state index contributed by atoms with van der Waals surface area (Å²) in [5.74, 6) is 0.168. The number of hydrogen-bond acceptors (Lipinski definition) is 4. The molecule has 0 aliphatic heterocycles. The van der Waals surface area contributed by atoms with Crippen molar-refractivity contribution in [2.24, 2.45) is 0 Å². The molecule has 0 unspecified atom stereocenters. The van der Waals surface area contributed by atoms with E-state index < -0.39 is 0 Å². The summed E-state index contributed by atoms with van der Waals surface area (Å²) >= 11 is 5.95. The lowest BCUT2D eigenvalue weighted by Gasteiger charge is -2.11. The highest BCUT2D eigenvalue weighted by Crippen LogP contribution is 2.23. The molecule has 0 spiro atoms. The van der Waals surface area contributed by atoms with E-state index in [1.54, 1.807) is 24.3 Å². The summed E-state index contributed by atoms with van der Waals surface area (Å²) in [4.78, 5) is 23.7. The van der Waals surface area contributed by atoms with Gasteiger partial charge in [-0.25, -0.2) is 0 Å². The number of rotatable bonds is 5. The zero-order valence-electron chi connectivity index (χ0n) is 13.2. The standard InChI is InChI=1S/C18H15ClN2O3/c1-11(22)12-4-6-17(24-2)14(7-12)8-18(23)21-15-5-3-13(10-20)16(19)9-15/h3-7,9H,8H2,1-2H3,(H,21,23). The fraction of sp³-hybridized carbons (Fsp3) is 0.167. The molecule has 122 valence electrons. The minimum Gasteiger partial charge on any atom is -0.496 e. The van der Waals surface area contributed by atoms with E-state index in [0.29, 0.717) is 28.1 Å². The molecule has 0 bridgehead atoms. The Bertz CT molecular complexity index is 841. The van der Waals surface area contributed by atoms with Crippen molar-refractivity contribution in [2.45, 2.75) is 13.3 Å². The molecule has 1 amide bonds. The van der Waals surface area contributed by atoms with Gasteiger partial charge < -0.3 is 10.1 Å². The first-order valence-corrected chi connectivity index (χ1v) is 7.49. The van der Waals surface area contributed by atoms with Gasteiger partial charge >= 0.3 is 0 Å². The highest BCUT2D eigenvalue weighted by atomic mass is 35.5. The molecule has 0 aliphatic rings. The van der Waals surface area contributed by atoms with Gasteiger partial charge in [-0.3, -0.25) is 9.59 Å². The maximum absolute atomic E-state index is 12.2. The molecule has 24 heavy (non-hydrogen) atoms. The highest BCUT2D eigenvalue weighted by Gasteiger charge is 2.12. The predicted octanol–water partition coefficient (Wildman–Crippen LogP) is 3.60. The number of ether oxygens (including phenoxy) is 1. The smallest absolute Gasteiger partial charge is 0.228 e. The number of methoxy groups -OCH3 is 1. The fourth-order valence-corrected chi connectivity index (χ4v) is 2.42. The number of hydrogen-bond donors (Lipinski definition) is 1. The second kappa shape index (κ2) is 7.62. The van der Waals surface area contributed by atoms with E-state index in [9.17, 15) is 9.59 Å². The number of nitrogens with one attached hydrogen (secondary N) is 1. The van der Waals surface area contributed by atoms with Crippen LogP contribution in [0.3, 0.4) is 0 Å². The van der Waals surface area contributed by atoms with E-state index in [4.69, 9.17) is 21.6 Å². The SMILES string of the molecule is COc1ccc(C(C)=O)cc1CC(=O)Nc1ccc(C#N)c(Cl)c1. The monoisotopic (exact) mass is 342 g/mol. The summed E-state index contributed by atoms with van der Waals surface area (Å²) < 4.78 is 5.23. The van der Waals surface area contributed by atoms with Crippen molar-refractivity contribution >= 4 is 29.0 Å². The zero-order chi connectivity index (χ0) is 17.7. The maximum Gasteiger partial charge on any atom is 0.228 e. The van der Waals surface area contributed by atoms with E-state index in [-0.39, 0.29) is 23.1 Å². The Balaban J connectivity index is 2.17. The first-order valence-electron chi connectivity index (χ1n) is 7.12. The highest BCUT2D eigenvalue weighted by molar-refractivity contribution is 6.32. The lowest BCUT2D eigenvalue weighted by atomic mass is 10.0. The lowest BCUT2D eigenvalue weighted by molar-refractivity contribution is -0.115. The van der Waals surface area contributed by atoms with Crippen molar-refractivity contribution in [3.05, 3.63) is 58.1 Å². The summed E-state index contributed by atoms with van der Waals surface area (Å²) in [5.41, 5.74) is 1.96. The molecule has 0 heterocycles. The first kappa shape index (κ1) is 17.5. The minimum atomic E-state index is -0.283. The quantitative estimate of drug-likeness (QED) is 0.842. The number of carbonyl (C=O) groups is 2. The third-order valence-corrected chi connectivity index (χ3v) is 3.72. The molecule has 0 fully saturated rings. The summed E-state index contributed by atoms with van der Waals surface area (Å²) in [7, 11) is 1.50. The van der Waals surface area contributed by atoms with E-state index >= 15 is 0 Å². The average Bonchev–Trinajstić information content (AvgIpc) is 2.54. The van der Waals surface area contributed by atoms with Crippen LogP contribution in [0.1, 0.15) is 28.4 Å². The Labute approximate surface area is 144 Å². The first-order chi connectivity index (χ1) is 11.4. The Kier molecular flexibility index (Phi) is 5.56. The van der Waals surface area contributed by atoms with Gasteiger partial charge in [0.05, 0.1) is 24.1 Å². The van der Waals surface area contributed by atoms with Crippen LogP contribution in [0.4, 0.5) is 5.69 Å². The molecule has 0 aromatic heterocycles. The Morgan fingerprint density at radius 3 is 2.58 bits per heavy atom. The molecule has 5 nitrogen and oxygen atoms in total. The van der Waals surface area contributed by atoms with Gasteiger partial charge in [0.2, 0.25) is 5.91 Å². The number of Topliss-reactive ketones (excluding diaryl/α,β-unsaturated/α-hetero) is 1. The number of benzene rings is 2. The Morgan fingerprint density at radius 1 is 1.25 bits per heavy atom. The molecule has 6 heteroatoms. The van der Waals surface area contributed by atoms with E-state index in [1.807, 2.05) is 6.07 Å². The van der Waals surface area contributed by atoms with Gasteiger partial charge in [-0.05, 0) is 43.3 Å². The largest absolute Gasteiger partial charge is 0.496 e. The second-order valence-electron chi connectivity index (χ2n) is 5.11. The molecule has 0 aliphatic carbocycles. The minimum absolute atomic E-state index is 0.0436. The van der Waals surface area contributed by atoms with Crippen molar-refractivity contribution in [2.75, 3.05) is 12.4 Å². The molecule has 0 saturated heterocycles. The van der Waals surface area contributed by atoms with Crippen molar-refractivity contribution < 1.29 is 14.3 Å². The van der Waals surface area contributed by atoms with Crippen LogP contribution >= 0.6 is 11.6 Å². The number of amides is 1. The van der Waals surface area contributed by atoms with E-state index in [1.165, 1.54) is 26.2 Å². The molecule has 2 aromatic carbocycles. The normalized spacial score (nSPS) is 9.92. The van der Waals surface area contributed by atoms with Gasteiger partial charge in [0.25, 0.3) is 0 Å². The third-order valence-electron chi connectivity index (χ3n) is 3.41. The van der Waals surface area contributed by atoms with Gasteiger partial charge in [0.1, 0.15) is 11.8 Å². The number of halogens is 1. The van der Waals surface area contributed by atoms with Crippen molar-refractivity contribution in [3.63, 3.8) is 0 Å². The van der Waals surface area contributed by atoms with Crippen molar-refractivity contribution in [3.8, 4) is 11.8 Å². The van der Waals surface area contributed by atoms with Crippen LogP contribution in [0, 0.1) is 11.3 Å². The zero-order valence-corrected chi connectivity index (χ0v) is 14.0. The van der Waals surface area contributed by atoms with Gasteiger partial charge in [0.15, 0.2) is 5.78 Å². The lowest BCUT2D eigenvalue weighted by Crippen LogP contribution is -2.15. The van der Waals surface area contributed by atoms with Gasteiger partial charge in [-0.1, -0.05) is 11.6 Å². The molecular formula is C18H15ClN2O3. The van der Waals surface area contributed by atoms with Crippen LogP contribution in [-0.4, -0.2) is 18.8 Å². The van der Waals surface area contributed by atoms with Crippen LogP contribution in [0.5, 0.6) is 5.75 Å². The Hall–Kier alpha value is -2.84. The molecule has 1 N–H and O–H groups in total. The Morgan fingerprint density at radius 2 is 2.00 bits per heavy atom. The molecule has 0 saturated carbocycles. The van der Waals surface area contributed by atoms with Crippen LogP contribution in [0.25, 0.3) is 0 Å². The average molecular weight is 343 g/mol. The van der Waals surface area contributed by atoms with Gasteiger partial charge in [-0.2, -0.15) is 5.26 Å². The van der Waals surface area contributed by atoms with E-state index in [0.717, 1.165) is 0 Å². The predicted molar refractivity (Wildman–Crippen MR) is 91.5 cm³/mol. The third kappa shape index (κ3) is 4.12. The van der Waals surface area contributed by atoms with Gasteiger partial charge in [0, 0.05) is 16.8 Å². The number of anilines is 1. The topological polar surface area (TPSA) is 79.2 Å². The summed E-state index contributed by atoms with van der Waals surface area (Å²) in [6.07, 6.45) is 0.0436. The maximum atomic E-state index is 12.2. The number of nitrogens with zero attached hydrogens (tertiary/aromatic N) is 1. The van der Waals surface area contributed by atoms with Crippen LogP contribution in [-0.2, 0) is 11.2 Å². The van der Waals surface area contributed by atoms with Crippen LogP contribution in [0.15, 0.2) is 36.4 Å². The molecule has 2 rings (SSSR count). The molecule has 0 atom stereocenters. The van der Waals surface area contributed by atoms with E-state index in [2.05, 4.69) is 5.32 Å². The number of carbonyl (C=O) groups excluding carboxylic acids is 2. The van der Waals surface area contributed by atoms with Crippen LogP contribution in [0.2, 0.25) is 5.02 Å². The van der Waals surface area contributed by atoms with Gasteiger partial charge in [-0.15, -0.1) is 0 Å². The second-order valence-corrected chi connectivity index (χ2v) is 5.52. The summed E-state index contributed by atoms with van der Waals surface area (Å²) in [6, 6.07) is 11.6.